The average Bonchev–Trinajstić information content (AvgIpc) is 2.80. The summed E-state index contributed by atoms with van der Waals surface area (Å²) in [5.41, 5.74) is 3.16. The highest BCUT2D eigenvalue weighted by Crippen LogP contribution is 2.20. The second-order valence-corrected chi connectivity index (χ2v) is 5.38. The van der Waals surface area contributed by atoms with E-state index in [1.165, 1.54) is 6.26 Å². The molecule has 0 unspecified atom stereocenters. The lowest BCUT2D eigenvalue weighted by Crippen LogP contribution is -2.27. The van der Waals surface area contributed by atoms with Crippen molar-refractivity contribution in [2.24, 2.45) is 0 Å². The smallest absolute Gasteiger partial charge is 0.311 e. The minimum Gasteiger partial charge on any atom is -0.481 e. The first kappa shape index (κ1) is 15.8. The van der Waals surface area contributed by atoms with Gasteiger partial charge in [-0.25, -0.2) is 0 Å². The lowest BCUT2D eigenvalue weighted by molar-refractivity contribution is -0.136. The molecule has 1 heterocycles. The van der Waals surface area contributed by atoms with Crippen molar-refractivity contribution >= 4 is 11.9 Å². The third kappa shape index (κ3) is 3.36. The molecule has 0 bridgehead atoms. The van der Waals surface area contributed by atoms with Crippen LogP contribution >= 0.6 is 0 Å². The lowest BCUT2D eigenvalue weighted by Gasteiger charge is -2.19. The Balaban J connectivity index is 2.23. The number of benzene rings is 1. The molecule has 2 rings (SSSR count). The third-order valence-corrected chi connectivity index (χ3v) is 3.59. The zero-order chi connectivity index (χ0) is 16.3. The zero-order valence-electron chi connectivity index (χ0n) is 12.9. The van der Waals surface area contributed by atoms with Gasteiger partial charge in [0.15, 0.2) is 0 Å². The Morgan fingerprint density at radius 2 is 1.86 bits per heavy atom. The number of furan rings is 1. The molecular formula is C17H19NO4. The van der Waals surface area contributed by atoms with E-state index in [4.69, 9.17) is 9.52 Å². The number of rotatable bonds is 5. The Hall–Kier alpha value is -2.56. The maximum absolute atomic E-state index is 12.6. The molecule has 1 aromatic heterocycles. The molecule has 1 aromatic carbocycles. The Labute approximate surface area is 129 Å². The summed E-state index contributed by atoms with van der Waals surface area (Å²) in [7, 11) is 1.70. The summed E-state index contributed by atoms with van der Waals surface area (Å²) >= 11 is 0. The standard InChI is InChI=1S/C17H19NO4/c1-11-6-4-5-7-13(11)9-18(3)17(21)16-12(2)10-22-14(16)8-15(19)20/h4-7,10H,8-9H2,1-3H3,(H,19,20). The van der Waals surface area contributed by atoms with E-state index in [0.717, 1.165) is 11.1 Å². The van der Waals surface area contributed by atoms with Gasteiger partial charge >= 0.3 is 5.97 Å². The van der Waals surface area contributed by atoms with Gasteiger partial charge in [-0.3, -0.25) is 9.59 Å². The molecule has 0 atom stereocenters. The molecule has 0 fully saturated rings. The van der Waals surface area contributed by atoms with Gasteiger partial charge in [0.1, 0.15) is 12.2 Å². The third-order valence-electron chi connectivity index (χ3n) is 3.59. The van der Waals surface area contributed by atoms with Crippen molar-refractivity contribution in [3.8, 4) is 0 Å². The zero-order valence-corrected chi connectivity index (χ0v) is 12.9. The maximum atomic E-state index is 12.6. The highest BCUT2D eigenvalue weighted by atomic mass is 16.4. The van der Waals surface area contributed by atoms with Crippen molar-refractivity contribution in [2.45, 2.75) is 26.8 Å². The topological polar surface area (TPSA) is 70.8 Å². The Bertz CT molecular complexity index is 702. The molecule has 2 aromatic rings. The van der Waals surface area contributed by atoms with E-state index in [1.807, 2.05) is 31.2 Å². The Morgan fingerprint density at radius 3 is 2.50 bits per heavy atom. The van der Waals surface area contributed by atoms with Crippen LogP contribution in [-0.4, -0.2) is 28.9 Å². The number of nitrogens with zero attached hydrogens (tertiary/aromatic N) is 1. The molecule has 0 aliphatic rings. The molecule has 0 aliphatic heterocycles. The number of aliphatic carboxylic acids is 1. The van der Waals surface area contributed by atoms with E-state index in [-0.39, 0.29) is 18.1 Å². The first-order chi connectivity index (χ1) is 10.4. The van der Waals surface area contributed by atoms with Crippen molar-refractivity contribution in [3.63, 3.8) is 0 Å². The van der Waals surface area contributed by atoms with Gasteiger partial charge in [-0.1, -0.05) is 24.3 Å². The van der Waals surface area contributed by atoms with Crippen LogP contribution in [0.1, 0.15) is 32.8 Å². The normalized spacial score (nSPS) is 10.5. The molecule has 0 saturated heterocycles. The van der Waals surface area contributed by atoms with Crippen LogP contribution in [0.25, 0.3) is 0 Å². The van der Waals surface area contributed by atoms with Gasteiger partial charge in [-0.2, -0.15) is 0 Å². The predicted octanol–water partition coefficient (Wildman–Crippen LogP) is 2.80. The van der Waals surface area contributed by atoms with E-state index in [1.54, 1.807) is 18.9 Å². The number of hydrogen-bond donors (Lipinski definition) is 1. The number of hydrogen-bond acceptors (Lipinski definition) is 3. The highest BCUT2D eigenvalue weighted by Gasteiger charge is 2.23. The fraction of sp³-hybridized carbons (Fsp3) is 0.294. The van der Waals surface area contributed by atoms with Gasteiger partial charge in [-0.05, 0) is 25.0 Å². The molecule has 1 amide bonds. The van der Waals surface area contributed by atoms with Crippen molar-refractivity contribution in [1.82, 2.24) is 4.90 Å². The Kier molecular flexibility index (Phi) is 4.65. The largest absolute Gasteiger partial charge is 0.481 e. The maximum Gasteiger partial charge on any atom is 0.311 e. The second kappa shape index (κ2) is 6.47. The van der Waals surface area contributed by atoms with Crippen molar-refractivity contribution in [3.05, 3.63) is 58.5 Å². The molecule has 1 N–H and O–H groups in total. The summed E-state index contributed by atoms with van der Waals surface area (Å²) in [5, 5.41) is 8.91. The lowest BCUT2D eigenvalue weighted by atomic mass is 10.1. The van der Waals surface area contributed by atoms with E-state index in [0.29, 0.717) is 17.7 Å². The van der Waals surface area contributed by atoms with Crippen LogP contribution in [0.4, 0.5) is 0 Å². The molecule has 0 aliphatic carbocycles. The number of aryl methyl sites for hydroxylation is 2. The van der Waals surface area contributed by atoms with Crippen LogP contribution in [0, 0.1) is 13.8 Å². The summed E-state index contributed by atoms with van der Waals surface area (Å²) < 4.78 is 5.22. The van der Waals surface area contributed by atoms with Gasteiger partial charge in [-0.15, -0.1) is 0 Å². The summed E-state index contributed by atoms with van der Waals surface area (Å²) in [6, 6.07) is 7.84. The first-order valence-corrected chi connectivity index (χ1v) is 6.99. The highest BCUT2D eigenvalue weighted by molar-refractivity contribution is 5.97. The SMILES string of the molecule is Cc1ccccc1CN(C)C(=O)c1c(C)coc1CC(=O)O. The van der Waals surface area contributed by atoms with E-state index >= 15 is 0 Å². The predicted molar refractivity (Wildman–Crippen MR) is 81.8 cm³/mol. The van der Waals surface area contributed by atoms with Crippen LogP contribution in [0.5, 0.6) is 0 Å². The van der Waals surface area contributed by atoms with Gasteiger partial charge in [0.05, 0.1) is 11.8 Å². The van der Waals surface area contributed by atoms with Crippen LogP contribution < -0.4 is 0 Å². The monoisotopic (exact) mass is 301 g/mol. The fourth-order valence-electron chi connectivity index (χ4n) is 2.36. The first-order valence-electron chi connectivity index (χ1n) is 6.99. The fourth-order valence-corrected chi connectivity index (χ4v) is 2.36. The number of carbonyl (C=O) groups is 2. The number of carboxylic acids is 1. The van der Waals surface area contributed by atoms with Crippen LogP contribution in [0.2, 0.25) is 0 Å². The van der Waals surface area contributed by atoms with Crippen molar-refractivity contribution in [1.29, 1.82) is 0 Å². The number of amides is 1. The number of carbonyl (C=O) groups excluding carboxylic acids is 1. The van der Waals surface area contributed by atoms with Gasteiger partial charge in [0.2, 0.25) is 0 Å². The average molecular weight is 301 g/mol. The van der Waals surface area contributed by atoms with Gasteiger partial charge in [0, 0.05) is 19.2 Å². The molecular weight excluding hydrogens is 282 g/mol. The summed E-state index contributed by atoms with van der Waals surface area (Å²) in [5.74, 6) is -1.05. The minimum atomic E-state index is -1.02. The molecule has 0 radical (unpaired) electrons. The van der Waals surface area contributed by atoms with Crippen LogP contribution in [0.3, 0.4) is 0 Å². The van der Waals surface area contributed by atoms with Crippen molar-refractivity contribution < 1.29 is 19.1 Å². The van der Waals surface area contributed by atoms with E-state index < -0.39 is 5.97 Å². The van der Waals surface area contributed by atoms with Crippen molar-refractivity contribution in [2.75, 3.05) is 7.05 Å². The van der Waals surface area contributed by atoms with E-state index in [9.17, 15) is 9.59 Å². The summed E-state index contributed by atoms with van der Waals surface area (Å²) in [6.45, 7) is 4.19. The minimum absolute atomic E-state index is 0.201. The number of carboxylic acid groups (broad SMARTS) is 1. The second-order valence-electron chi connectivity index (χ2n) is 5.38. The van der Waals surface area contributed by atoms with Gasteiger partial charge in [0.25, 0.3) is 5.91 Å². The van der Waals surface area contributed by atoms with Crippen LogP contribution in [-0.2, 0) is 17.8 Å². The molecule has 116 valence electrons. The molecule has 0 saturated carbocycles. The molecule has 5 heteroatoms. The molecule has 22 heavy (non-hydrogen) atoms. The molecule has 5 nitrogen and oxygen atoms in total. The van der Waals surface area contributed by atoms with E-state index in [2.05, 4.69) is 0 Å². The quantitative estimate of drug-likeness (QED) is 0.922. The molecule has 0 spiro atoms. The Morgan fingerprint density at radius 1 is 1.18 bits per heavy atom. The summed E-state index contributed by atoms with van der Waals surface area (Å²) in [4.78, 5) is 25.1. The summed E-state index contributed by atoms with van der Waals surface area (Å²) in [6.07, 6.45) is 1.13. The van der Waals surface area contributed by atoms with Crippen LogP contribution in [0.15, 0.2) is 34.9 Å². The van der Waals surface area contributed by atoms with Gasteiger partial charge < -0.3 is 14.4 Å².